The van der Waals surface area contributed by atoms with Crippen molar-refractivity contribution in [3.8, 4) is 11.7 Å². The number of carbonyl (C=O) groups is 1. The first-order chi connectivity index (χ1) is 13.3. The number of aromatic nitrogens is 2. The second-order valence-electron chi connectivity index (χ2n) is 7.33. The number of piperazine rings is 1. The van der Waals surface area contributed by atoms with Crippen LogP contribution in [0.25, 0.3) is 11.7 Å². The minimum absolute atomic E-state index is 0.283. The van der Waals surface area contributed by atoms with Gasteiger partial charge in [0.25, 0.3) is 5.89 Å². The summed E-state index contributed by atoms with van der Waals surface area (Å²) in [6.07, 6.45) is 6.37. The zero-order valence-electron chi connectivity index (χ0n) is 15.7. The van der Waals surface area contributed by atoms with Crippen LogP contribution < -0.4 is 0 Å². The highest BCUT2D eigenvalue weighted by molar-refractivity contribution is 5.78. The van der Waals surface area contributed by atoms with E-state index in [0.717, 1.165) is 52.1 Å². The summed E-state index contributed by atoms with van der Waals surface area (Å²) in [6, 6.07) is 3.60. The van der Waals surface area contributed by atoms with Crippen molar-refractivity contribution in [2.75, 3.05) is 45.8 Å². The molecule has 2 aromatic heterocycles. The lowest BCUT2D eigenvalue weighted by Gasteiger charge is -2.34. The van der Waals surface area contributed by atoms with Crippen molar-refractivity contribution in [1.82, 2.24) is 24.9 Å². The van der Waals surface area contributed by atoms with E-state index >= 15 is 0 Å². The number of carbonyl (C=O) groups excluding carboxylic acids is 1. The first kappa shape index (κ1) is 18.2. The van der Waals surface area contributed by atoms with Gasteiger partial charge in [0.2, 0.25) is 11.8 Å². The summed E-state index contributed by atoms with van der Waals surface area (Å²) < 4.78 is 11.0. The molecule has 8 heteroatoms. The molecule has 0 saturated carbocycles. The molecule has 2 aliphatic rings. The Morgan fingerprint density at radius 3 is 2.41 bits per heavy atom. The molecule has 2 aliphatic heterocycles. The van der Waals surface area contributed by atoms with Crippen molar-refractivity contribution >= 4 is 5.91 Å². The van der Waals surface area contributed by atoms with Gasteiger partial charge in [0.05, 0.1) is 19.4 Å². The molecule has 0 spiro atoms. The van der Waals surface area contributed by atoms with Gasteiger partial charge in [0, 0.05) is 39.3 Å². The van der Waals surface area contributed by atoms with E-state index in [9.17, 15) is 4.79 Å². The van der Waals surface area contributed by atoms with Crippen LogP contribution in [0.3, 0.4) is 0 Å². The van der Waals surface area contributed by atoms with Gasteiger partial charge in [0.15, 0.2) is 5.76 Å². The average Bonchev–Trinajstić information content (AvgIpc) is 3.29. The maximum absolute atomic E-state index is 12.5. The molecule has 0 aromatic carbocycles. The molecule has 146 valence electrons. The first-order valence-corrected chi connectivity index (χ1v) is 9.87. The van der Waals surface area contributed by atoms with Crippen LogP contribution in [0.5, 0.6) is 0 Å². The van der Waals surface area contributed by atoms with Crippen LogP contribution in [0.15, 0.2) is 27.2 Å². The SMILES string of the molecule is O=C(CN1CCN(Cc2nnc(-c3ccco3)o2)CC1)N1CCCCCC1. The van der Waals surface area contributed by atoms with E-state index in [1.165, 1.54) is 12.8 Å². The largest absolute Gasteiger partial charge is 0.459 e. The summed E-state index contributed by atoms with van der Waals surface area (Å²) >= 11 is 0. The molecule has 4 heterocycles. The molecule has 0 N–H and O–H groups in total. The highest BCUT2D eigenvalue weighted by Gasteiger charge is 2.23. The third-order valence-corrected chi connectivity index (χ3v) is 5.34. The summed E-state index contributed by atoms with van der Waals surface area (Å²) in [7, 11) is 0. The van der Waals surface area contributed by atoms with Crippen LogP contribution in [-0.2, 0) is 11.3 Å². The van der Waals surface area contributed by atoms with Gasteiger partial charge in [-0.3, -0.25) is 14.6 Å². The fourth-order valence-corrected chi connectivity index (χ4v) is 3.73. The van der Waals surface area contributed by atoms with Crippen molar-refractivity contribution in [3.05, 3.63) is 24.3 Å². The van der Waals surface area contributed by atoms with E-state index in [2.05, 4.69) is 20.0 Å². The summed E-state index contributed by atoms with van der Waals surface area (Å²) in [5.74, 6) is 1.88. The Balaban J connectivity index is 1.22. The minimum atomic E-state index is 0.283. The van der Waals surface area contributed by atoms with E-state index < -0.39 is 0 Å². The molecule has 0 unspecified atom stereocenters. The van der Waals surface area contributed by atoms with Gasteiger partial charge in [-0.1, -0.05) is 12.8 Å². The second kappa shape index (κ2) is 8.67. The van der Waals surface area contributed by atoms with Gasteiger partial charge in [-0.2, -0.15) is 0 Å². The summed E-state index contributed by atoms with van der Waals surface area (Å²) in [5, 5.41) is 8.15. The van der Waals surface area contributed by atoms with E-state index in [0.29, 0.717) is 30.6 Å². The smallest absolute Gasteiger partial charge is 0.283 e. The monoisotopic (exact) mass is 373 g/mol. The molecule has 2 fully saturated rings. The Bertz CT molecular complexity index is 714. The van der Waals surface area contributed by atoms with Crippen molar-refractivity contribution in [2.24, 2.45) is 0 Å². The van der Waals surface area contributed by atoms with Crippen LogP contribution in [0.2, 0.25) is 0 Å². The summed E-state index contributed by atoms with van der Waals surface area (Å²) in [5.41, 5.74) is 0. The lowest BCUT2D eigenvalue weighted by molar-refractivity contribution is -0.132. The molecule has 8 nitrogen and oxygen atoms in total. The Labute approximate surface area is 159 Å². The Morgan fingerprint density at radius 1 is 0.963 bits per heavy atom. The molecule has 0 radical (unpaired) electrons. The molecule has 2 aromatic rings. The number of amides is 1. The standard InChI is InChI=1S/C19H27N5O3/c25-18(24-7-3-1-2-4-8-24)15-23-11-9-22(10-12-23)14-17-20-21-19(27-17)16-6-5-13-26-16/h5-6,13H,1-4,7-12,14-15H2. The molecule has 0 atom stereocenters. The van der Waals surface area contributed by atoms with Crippen molar-refractivity contribution in [3.63, 3.8) is 0 Å². The van der Waals surface area contributed by atoms with Crippen molar-refractivity contribution in [1.29, 1.82) is 0 Å². The van der Waals surface area contributed by atoms with Crippen LogP contribution in [0.1, 0.15) is 31.6 Å². The maximum Gasteiger partial charge on any atom is 0.283 e. The lowest BCUT2D eigenvalue weighted by Crippen LogP contribution is -2.49. The number of hydrogen-bond acceptors (Lipinski definition) is 7. The maximum atomic E-state index is 12.5. The van der Waals surface area contributed by atoms with Crippen LogP contribution in [0, 0.1) is 0 Å². The van der Waals surface area contributed by atoms with Crippen LogP contribution in [-0.4, -0.2) is 76.6 Å². The third kappa shape index (κ3) is 4.75. The summed E-state index contributed by atoms with van der Waals surface area (Å²) in [6.45, 7) is 6.58. The predicted octanol–water partition coefficient (Wildman–Crippen LogP) is 1.85. The fraction of sp³-hybridized carbons (Fsp3) is 0.632. The Kier molecular flexibility index (Phi) is 5.84. The van der Waals surface area contributed by atoms with Crippen molar-refractivity contribution < 1.29 is 13.6 Å². The average molecular weight is 373 g/mol. The van der Waals surface area contributed by atoms with E-state index in [1.807, 2.05) is 4.90 Å². The number of hydrogen-bond donors (Lipinski definition) is 0. The number of furan rings is 1. The molecular formula is C19H27N5O3. The van der Waals surface area contributed by atoms with Gasteiger partial charge in [0.1, 0.15) is 0 Å². The topological polar surface area (TPSA) is 78.9 Å². The van der Waals surface area contributed by atoms with Gasteiger partial charge < -0.3 is 13.7 Å². The molecule has 4 rings (SSSR count). The summed E-state index contributed by atoms with van der Waals surface area (Å²) in [4.78, 5) is 19.1. The molecule has 2 saturated heterocycles. The zero-order valence-corrected chi connectivity index (χ0v) is 15.7. The van der Waals surface area contributed by atoms with Gasteiger partial charge >= 0.3 is 0 Å². The van der Waals surface area contributed by atoms with Crippen LogP contribution in [0.4, 0.5) is 0 Å². The van der Waals surface area contributed by atoms with E-state index in [-0.39, 0.29) is 5.91 Å². The highest BCUT2D eigenvalue weighted by Crippen LogP contribution is 2.19. The lowest BCUT2D eigenvalue weighted by atomic mass is 10.2. The molecule has 27 heavy (non-hydrogen) atoms. The van der Waals surface area contributed by atoms with E-state index in [1.54, 1.807) is 18.4 Å². The van der Waals surface area contributed by atoms with Crippen molar-refractivity contribution in [2.45, 2.75) is 32.2 Å². The number of rotatable bonds is 5. The quantitative estimate of drug-likeness (QED) is 0.791. The number of nitrogens with zero attached hydrogens (tertiary/aromatic N) is 5. The second-order valence-corrected chi connectivity index (χ2v) is 7.33. The molecular weight excluding hydrogens is 346 g/mol. The Hall–Kier alpha value is -2.19. The van der Waals surface area contributed by atoms with Gasteiger partial charge in [-0.15, -0.1) is 10.2 Å². The number of likely N-dealkylation sites (tertiary alicyclic amines) is 1. The fourth-order valence-electron chi connectivity index (χ4n) is 3.73. The normalized spacial score (nSPS) is 19.9. The predicted molar refractivity (Wildman–Crippen MR) is 98.8 cm³/mol. The minimum Gasteiger partial charge on any atom is -0.459 e. The third-order valence-electron chi connectivity index (χ3n) is 5.34. The molecule has 1 amide bonds. The zero-order chi connectivity index (χ0) is 18.5. The molecule has 0 bridgehead atoms. The van der Waals surface area contributed by atoms with Gasteiger partial charge in [-0.05, 0) is 25.0 Å². The Morgan fingerprint density at radius 2 is 1.70 bits per heavy atom. The first-order valence-electron chi connectivity index (χ1n) is 9.87. The van der Waals surface area contributed by atoms with Gasteiger partial charge in [-0.25, -0.2) is 0 Å². The molecule has 0 aliphatic carbocycles. The van der Waals surface area contributed by atoms with E-state index in [4.69, 9.17) is 8.83 Å². The highest BCUT2D eigenvalue weighted by atomic mass is 16.4. The van der Waals surface area contributed by atoms with Crippen LogP contribution >= 0.6 is 0 Å².